The Balaban J connectivity index is 0.00000156. The smallest absolute Gasteiger partial charge is 0.227 e. The molecule has 2 fully saturated rings. The second-order valence-corrected chi connectivity index (χ2v) is 6.38. The van der Waals surface area contributed by atoms with E-state index >= 15 is 0 Å². The Morgan fingerprint density at radius 3 is 3.22 bits per heavy atom. The van der Waals surface area contributed by atoms with Gasteiger partial charge in [-0.15, -0.1) is 12.4 Å². The lowest BCUT2D eigenvalue weighted by atomic mass is 9.82. The van der Waals surface area contributed by atoms with E-state index in [0.29, 0.717) is 6.04 Å². The number of halogens is 1. The minimum atomic E-state index is 0. The molecule has 1 aliphatic carbocycles. The molecule has 3 N–H and O–H groups in total. The molecule has 3 atom stereocenters. The topological polar surface area (TPSA) is 80.2 Å². The van der Waals surface area contributed by atoms with Gasteiger partial charge in [-0.25, -0.2) is 4.68 Å². The number of aromatic nitrogens is 2. The van der Waals surface area contributed by atoms with Crippen molar-refractivity contribution in [2.24, 2.45) is 5.92 Å². The van der Waals surface area contributed by atoms with Crippen molar-refractivity contribution in [2.45, 2.75) is 44.4 Å². The second-order valence-electron chi connectivity index (χ2n) is 6.38. The Labute approximate surface area is 141 Å². The maximum Gasteiger partial charge on any atom is 0.227 e. The molecule has 7 nitrogen and oxygen atoms in total. The fourth-order valence-electron chi connectivity index (χ4n) is 3.75. The second kappa shape index (κ2) is 7.07. The Hall–Kier alpha value is -1.31. The van der Waals surface area contributed by atoms with Gasteiger partial charge in [-0.05, 0) is 25.7 Å². The Morgan fingerprint density at radius 1 is 1.39 bits per heavy atom. The zero-order chi connectivity index (χ0) is 14.9. The molecule has 0 bridgehead atoms. The molecule has 0 unspecified atom stereocenters. The molecule has 4 rings (SSSR count). The van der Waals surface area contributed by atoms with Crippen LogP contribution in [0.2, 0.25) is 0 Å². The van der Waals surface area contributed by atoms with Crippen LogP contribution in [0.3, 0.4) is 0 Å². The van der Waals surface area contributed by atoms with Gasteiger partial charge in [-0.2, -0.15) is 5.10 Å². The van der Waals surface area contributed by atoms with Gasteiger partial charge in [0.15, 0.2) is 0 Å². The number of aryl methyl sites for hydroxylation is 1. The number of anilines is 2. The van der Waals surface area contributed by atoms with Gasteiger partial charge < -0.3 is 20.7 Å². The van der Waals surface area contributed by atoms with Crippen molar-refractivity contribution in [3.63, 3.8) is 0 Å². The number of hydrogen-bond acceptors (Lipinski definition) is 5. The minimum Gasteiger partial charge on any atom is -0.375 e. The number of fused-ring (bicyclic) bond motifs is 2. The summed E-state index contributed by atoms with van der Waals surface area (Å²) in [6.45, 7) is 3.51. The van der Waals surface area contributed by atoms with Crippen LogP contribution in [-0.2, 0) is 16.1 Å². The summed E-state index contributed by atoms with van der Waals surface area (Å²) in [7, 11) is 0. The quantitative estimate of drug-likeness (QED) is 0.753. The molecule has 0 radical (unpaired) electrons. The number of carbonyl (C=O) groups is 1. The molecular weight excluding hydrogens is 318 g/mol. The third-order valence-corrected chi connectivity index (χ3v) is 4.93. The van der Waals surface area contributed by atoms with E-state index in [1.165, 1.54) is 0 Å². The summed E-state index contributed by atoms with van der Waals surface area (Å²) in [4.78, 5) is 12.6. The maximum absolute atomic E-state index is 12.6. The lowest BCUT2D eigenvalue weighted by Crippen LogP contribution is -2.52. The summed E-state index contributed by atoms with van der Waals surface area (Å²) in [6, 6.07) is 0.317. The SMILES string of the molecule is Cl.O=C(Nc1cnn2c1NCCC2)[C@H]1CC[C@H]2OCCN[C@@H]2C1. The van der Waals surface area contributed by atoms with Crippen LogP contribution in [0, 0.1) is 5.92 Å². The first-order valence-electron chi connectivity index (χ1n) is 8.27. The lowest BCUT2D eigenvalue weighted by Gasteiger charge is -2.39. The molecule has 3 heterocycles. The van der Waals surface area contributed by atoms with E-state index in [1.807, 2.05) is 4.68 Å². The fourth-order valence-corrected chi connectivity index (χ4v) is 3.75. The highest BCUT2D eigenvalue weighted by Crippen LogP contribution is 2.30. The van der Waals surface area contributed by atoms with Gasteiger partial charge >= 0.3 is 0 Å². The van der Waals surface area contributed by atoms with Crippen molar-refractivity contribution in [1.82, 2.24) is 15.1 Å². The van der Waals surface area contributed by atoms with Gasteiger partial charge in [0.05, 0.1) is 18.9 Å². The van der Waals surface area contributed by atoms with Crippen molar-refractivity contribution in [2.75, 3.05) is 30.3 Å². The molecule has 1 aromatic rings. The molecule has 0 spiro atoms. The summed E-state index contributed by atoms with van der Waals surface area (Å²) < 4.78 is 7.70. The third kappa shape index (κ3) is 3.32. The average molecular weight is 342 g/mol. The predicted molar refractivity (Wildman–Crippen MR) is 90.1 cm³/mol. The van der Waals surface area contributed by atoms with Gasteiger partial charge in [-0.3, -0.25) is 4.79 Å². The van der Waals surface area contributed by atoms with E-state index in [0.717, 1.165) is 63.4 Å². The van der Waals surface area contributed by atoms with Crippen LogP contribution < -0.4 is 16.0 Å². The first kappa shape index (κ1) is 16.5. The number of nitrogens with zero attached hydrogens (tertiary/aromatic N) is 2. The molecule has 1 aromatic heterocycles. The van der Waals surface area contributed by atoms with E-state index in [9.17, 15) is 4.79 Å². The molecule has 128 valence electrons. The summed E-state index contributed by atoms with van der Waals surface area (Å²) in [5, 5.41) is 14.2. The van der Waals surface area contributed by atoms with E-state index in [1.54, 1.807) is 6.20 Å². The molecule has 1 saturated carbocycles. The van der Waals surface area contributed by atoms with Gasteiger partial charge in [0, 0.05) is 31.6 Å². The number of hydrogen-bond donors (Lipinski definition) is 3. The Morgan fingerprint density at radius 2 is 2.30 bits per heavy atom. The largest absolute Gasteiger partial charge is 0.375 e. The Bertz CT molecular complexity index is 564. The molecule has 2 aliphatic heterocycles. The number of ether oxygens (including phenoxy) is 1. The van der Waals surface area contributed by atoms with Crippen LogP contribution in [0.4, 0.5) is 11.5 Å². The van der Waals surface area contributed by atoms with Crippen LogP contribution in [0.1, 0.15) is 25.7 Å². The van der Waals surface area contributed by atoms with Crippen molar-refractivity contribution in [3.8, 4) is 0 Å². The molecule has 1 amide bonds. The molecule has 3 aliphatic rings. The standard InChI is InChI=1S/C15H23N5O2.ClH/c21-15(10-2-3-13-11(8-10)16-5-7-22-13)19-12-9-18-20-6-1-4-17-14(12)20;/h9-11,13,16-17H,1-8H2,(H,19,21);1H/t10-,11+,13+;/m0./s1. The van der Waals surface area contributed by atoms with Crippen molar-refractivity contribution in [1.29, 1.82) is 0 Å². The summed E-state index contributed by atoms with van der Waals surface area (Å²) in [6.07, 6.45) is 5.81. The summed E-state index contributed by atoms with van der Waals surface area (Å²) in [5.74, 6) is 1.09. The first-order valence-corrected chi connectivity index (χ1v) is 8.27. The highest BCUT2D eigenvalue weighted by Gasteiger charge is 2.36. The molecule has 8 heteroatoms. The predicted octanol–water partition coefficient (Wildman–Crippen LogP) is 1.22. The molecule has 23 heavy (non-hydrogen) atoms. The highest BCUT2D eigenvalue weighted by atomic mass is 35.5. The van der Waals surface area contributed by atoms with Crippen molar-refractivity contribution >= 4 is 29.8 Å². The van der Waals surface area contributed by atoms with Gasteiger partial charge in [0.1, 0.15) is 11.5 Å². The number of amides is 1. The van der Waals surface area contributed by atoms with Crippen LogP contribution >= 0.6 is 12.4 Å². The number of rotatable bonds is 2. The first-order chi connectivity index (χ1) is 10.8. The molecule has 1 saturated heterocycles. The normalized spacial score (nSPS) is 29.5. The Kier molecular flexibility index (Phi) is 5.08. The van der Waals surface area contributed by atoms with E-state index in [-0.39, 0.29) is 30.3 Å². The maximum atomic E-state index is 12.6. The fraction of sp³-hybridized carbons (Fsp3) is 0.733. The highest BCUT2D eigenvalue weighted by molar-refractivity contribution is 5.95. The lowest BCUT2D eigenvalue weighted by molar-refractivity contribution is -0.123. The van der Waals surface area contributed by atoms with Crippen molar-refractivity contribution < 1.29 is 9.53 Å². The summed E-state index contributed by atoms with van der Waals surface area (Å²) in [5.41, 5.74) is 0.805. The van der Waals surface area contributed by atoms with Gasteiger partial charge in [0.25, 0.3) is 0 Å². The zero-order valence-electron chi connectivity index (χ0n) is 13.1. The average Bonchev–Trinajstić information content (AvgIpc) is 2.97. The van der Waals surface area contributed by atoms with Crippen LogP contribution in [0.5, 0.6) is 0 Å². The number of carbonyl (C=O) groups excluding carboxylic acids is 1. The van der Waals surface area contributed by atoms with E-state index in [2.05, 4.69) is 21.0 Å². The van der Waals surface area contributed by atoms with Gasteiger partial charge in [-0.1, -0.05) is 0 Å². The zero-order valence-corrected chi connectivity index (χ0v) is 13.9. The summed E-state index contributed by atoms with van der Waals surface area (Å²) >= 11 is 0. The van der Waals surface area contributed by atoms with Gasteiger partial charge in [0.2, 0.25) is 5.91 Å². The minimum absolute atomic E-state index is 0. The van der Waals surface area contributed by atoms with E-state index in [4.69, 9.17) is 4.74 Å². The van der Waals surface area contributed by atoms with Crippen LogP contribution in [0.25, 0.3) is 0 Å². The third-order valence-electron chi connectivity index (χ3n) is 4.93. The van der Waals surface area contributed by atoms with Crippen molar-refractivity contribution in [3.05, 3.63) is 6.20 Å². The number of morpholine rings is 1. The molecular formula is C15H24ClN5O2. The monoisotopic (exact) mass is 341 g/mol. The van der Waals surface area contributed by atoms with E-state index < -0.39 is 0 Å². The van der Waals surface area contributed by atoms with Crippen LogP contribution in [-0.4, -0.2) is 47.5 Å². The number of nitrogens with one attached hydrogen (secondary N) is 3. The molecule has 0 aromatic carbocycles. The van der Waals surface area contributed by atoms with Crippen LogP contribution in [0.15, 0.2) is 6.20 Å².